The number of amides is 1. The Hall–Kier alpha value is -2.58. The Morgan fingerprint density at radius 3 is 2.53 bits per heavy atom. The van der Waals surface area contributed by atoms with Crippen LogP contribution in [0.25, 0.3) is 20.8 Å². The third kappa shape index (κ3) is 5.70. The highest BCUT2D eigenvalue weighted by atomic mass is 32.2. The molecule has 1 amide bonds. The number of aromatic nitrogens is 1. The van der Waals surface area contributed by atoms with Crippen molar-refractivity contribution in [1.29, 1.82) is 0 Å². The highest BCUT2D eigenvalue weighted by Crippen LogP contribution is 2.37. The third-order valence-electron chi connectivity index (χ3n) is 6.05. The number of alkyl halides is 3. The predicted molar refractivity (Wildman–Crippen MR) is 128 cm³/mol. The molecule has 1 aromatic heterocycles. The first-order chi connectivity index (χ1) is 17.1. The summed E-state index contributed by atoms with van der Waals surface area (Å²) in [5.41, 5.74) is 2.93. The number of hydrogen-bond acceptors (Lipinski definition) is 8. The first-order valence-corrected chi connectivity index (χ1v) is 13.0. The molecule has 0 bridgehead atoms. The maximum Gasteiger partial charge on any atom is 0.573 e. The number of rotatable bonds is 8. The van der Waals surface area contributed by atoms with Crippen LogP contribution in [0.4, 0.5) is 13.2 Å². The van der Waals surface area contributed by atoms with Gasteiger partial charge < -0.3 is 14.4 Å². The van der Waals surface area contributed by atoms with Crippen LogP contribution < -0.4 is 10.2 Å². The fraction of sp³-hybridized carbons (Fsp3) is 0.391. The molecule has 3 aromatic rings. The van der Waals surface area contributed by atoms with Crippen molar-refractivity contribution in [3.05, 3.63) is 42.5 Å². The van der Waals surface area contributed by atoms with Gasteiger partial charge in [-0.3, -0.25) is 14.2 Å². The second-order valence-corrected chi connectivity index (χ2v) is 11.1. The molecule has 1 fully saturated rings. The zero-order valence-electron chi connectivity index (χ0n) is 19.2. The normalized spacial score (nSPS) is 17.1. The zero-order chi connectivity index (χ0) is 25.9. The summed E-state index contributed by atoms with van der Waals surface area (Å²) in [5, 5.41) is 9.96. The molecule has 0 aliphatic carbocycles. The Bertz CT molecular complexity index is 1240. The summed E-state index contributed by atoms with van der Waals surface area (Å²) >= 11 is 1.29. The molecule has 36 heavy (non-hydrogen) atoms. The summed E-state index contributed by atoms with van der Waals surface area (Å²) in [5.74, 6) is -1.01. The lowest BCUT2D eigenvalue weighted by molar-refractivity contribution is -0.274. The summed E-state index contributed by atoms with van der Waals surface area (Å²) in [6.45, 7) is 2.30. The second-order valence-electron chi connectivity index (χ2n) is 8.26. The monoisotopic (exact) mass is 543 g/mol. The molecule has 0 saturated carbocycles. The molecule has 2 heterocycles. The van der Waals surface area contributed by atoms with E-state index in [4.69, 9.17) is 4.74 Å². The van der Waals surface area contributed by atoms with Gasteiger partial charge in [0, 0.05) is 37.2 Å². The van der Waals surface area contributed by atoms with E-state index in [-0.39, 0.29) is 5.75 Å². The van der Waals surface area contributed by atoms with Crippen LogP contribution in [0.2, 0.25) is 0 Å². The third-order valence-corrected chi connectivity index (χ3v) is 9.11. The van der Waals surface area contributed by atoms with Crippen molar-refractivity contribution in [2.45, 2.75) is 28.8 Å². The van der Waals surface area contributed by atoms with Crippen molar-refractivity contribution < 1.29 is 36.9 Å². The number of nitrogens with zero attached hydrogens (tertiary/aromatic N) is 2. The van der Waals surface area contributed by atoms with Crippen LogP contribution in [0.3, 0.4) is 0 Å². The van der Waals surface area contributed by atoms with Gasteiger partial charge in [-0.15, -0.1) is 24.5 Å². The lowest BCUT2D eigenvalue weighted by Crippen LogP contribution is -2.56. The van der Waals surface area contributed by atoms with E-state index in [0.717, 1.165) is 0 Å². The lowest BCUT2D eigenvalue weighted by atomic mass is 9.95. The number of carbonyl (C=O) groups is 1. The first kappa shape index (κ1) is 26.5. The summed E-state index contributed by atoms with van der Waals surface area (Å²) in [4.78, 5) is 19.8. The van der Waals surface area contributed by atoms with Gasteiger partial charge >= 0.3 is 6.36 Å². The molecule has 1 saturated heterocycles. The lowest BCUT2D eigenvalue weighted by Gasteiger charge is -2.39. The highest BCUT2D eigenvalue weighted by Gasteiger charge is 2.47. The number of piperidine rings is 1. The number of ether oxygens (including phenoxy) is 2. The zero-order valence-corrected chi connectivity index (χ0v) is 20.8. The quantitative estimate of drug-likeness (QED) is 0.328. The molecule has 1 aliphatic rings. The van der Waals surface area contributed by atoms with Gasteiger partial charge in [0.15, 0.2) is 0 Å². The fourth-order valence-electron chi connectivity index (χ4n) is 4.13. The van der Waals surface area contributed by atoms with Crippen molar-refractivity contribution in [3.63, 3.8) is 0 Å². The number of nitrogens with one attached hydrogen (secondary N) is 1. The van der Waals surface area contributed by atoms with Crippen LogP contribution in [0, 0.1) is 0 Å². The standard InChI is InChI=1S/C23H24F3N3O5S2/c1-33-13-12-29-10-8-22(9-11-29,21(30)28-31)36(32)17-6-7-18-19(14-17)35-20(27-18)15-2-4-16(5-3-15)34-23(24,25)26/h2-7,14,31H,8-13H2,1H3,(H,28,30). The van der Waals surface area contributed by atoms with Crippen LogP contribution in [0.5, 0.6) is 5.75 Å². The largest absolute Gasteiger partial charge is 0.573 e. The van der Waals surface area contributed by atoms with Gasteiger partial charge in [-0.25, -0.2) is 10.5 Å². The van der Waals surface area contributed by atoms with Crippen LogP contribution in [0.15, 0.2) is 47.4 Å². The van der Waals surface area contributed by atoms with Crippen molar-refractivity contribution in [2.75, 3.05) is 33.4 Å². The smallest absolute Gasteiger partial charge is 0.406 e. The van der Waals surface area contributed by atoms with Crippen molar-refractivity contribution in [2.24, 2.45) is 0 Å². The average molecular weight is 544 g/mol. The van der Waals surface area contributed by atoms with E-state index in [9.17, 15) is 27.4 Å². The number of thiazole rings is 1. The van der Waals surface area contributed by atoms with E-state index in [2.05, 4.69) is 14.6 Å². The number of hydrogen-bond donors (Lipinski definition) is 2. The Morgan fingerprint density at radius 2 is 1.92 bits per heavy atom. The minimum absolute atomic E-state index is 0.300. The SMILES string of the molecule is COCCN1CCC(C(=O)NO)(S(=O)c2ccc3nc(-c4ccc(OC(F)(F)F)cc4)sc3c2)CC1. The Balaban J connectivity index is 1.57. The molecule has 194 valence electrons. The molecular formula is C23H24F3N3O5S2. The van der Waals surface area contributed by atoms with Crippen LogP contribution in [-0.4, -0.2) is 69.7 Å². The van der Waals surface area contributed by atoms with Gasteiger partial charge in [0.1, 0.15) is 15.5 Å². The van der Waals surface area contributed by atoms with Gasteiger partial charge in [-0.1, -0.05) is 0 Å². The van der Waals surface area contributed by atoms with Crippen molar-refractivity contribution >= 4 is 38.3 Å². The molecule has 1 unspecified atom stereocenters. The number of carbonyl (C=O) groups excluding carboxylic acids is 1. The van der Waals surface area contributed by atoms with Crippen LogP contribution in [-0.2, 0) is 20.3 Å². The number of hydroxylamine groups is 1. The molecule has 8 nitrogen and oxygen atoms in total. The molecule has 0 radical (unpaired) electrons. The van der Waals surface area contributed by atoms with Crippen LogP contribution in [0.1, 0.15) is 12.8 Å². The van der Waals surface area contributed by atoms with Gasteiger partial charge in [0.05, 0.1) is 27.6 Å². The van der Waals surface area contributed by atoms with Gasteiger partial charge in [-0.05, 0) is 55.3 Å². The summed E-state index contributed by atoms with van der Waals surface area (Å²) in [6.07, 6.45) is -4.17. The molecule has 2 N–H and O–H groups in total. The molecule has 1 atom stereocenters. The molecule has 2 aromatic carbocycles. The maximum absolute atomic E-state index is 13.7. The van der Waals surface area contributed by atoms with E-state index in [1.54, 1.807) is 30.8 Å². The van der Waals surface area contributed by atoms with E-state index < -0.39 is 27.8 Å². The molecule has 13 heteroatoms. The number of halogens is 3. The minimum Gasteiger partial charge on any atom is -0.406 e. The topological polar surface area (TPSA) is 101 Å². The number of methoxy groups -OCH3 is 1. The average Bonchev–Trinajstić information content (AvgIpc) is 3.30. The van der Waals surface area contributed by atoms with Gasteiger partial charge in [0.25, 0.3) is 5.91 Å². The molecule has 1 aliphatic heterocycles. The maximum atomic E-state index is 13.7. The Morgan fingerprint density at radius 1 is 1.22 bits per heavy atom. The van der Waals surface area contributed by atoms with E-state index in [1.165, 1.54) is 35.6 Å². The van der Waals surface area contributed by atoms with Gasteiger partial charge in [-0.2, -0.15) is 0 Å². The summed E-state index contributed by atoms with van der Waals surface area (Å²) in [6, 6.07) is 10.4. The van der Waals surface area contributed by atoms with E-state index in [0.29, 0.717) is 64.8 Å². The molecule has 0 spiro atoms. The predicted octanol–water partition coefficient (Wildman–Crippen LogP) is 3.96. The number of likely N-dealkylation sites (tertiary alicyclic amines) is 1. The molecular weight excluding hydrogens is 519 g/mol. The minimum atomic E-state index is -4.77. The van der Waals surface area contributed by atoms with Crippen molar-refractivity contribution in [3.8, 4) is 16.3 Å². The van der Waals surface area contributed by atoms with E-state index in [1.807, 2.05) is 0 Å². The highest BCUT2D eigenvalue weighted by molar-refractivity contribution is 7.87. The number of benzene rings is 2. The Labute approximate surface area is 211 Å². The second kappa shape index (κ2) is 10.8. The number of fused-ring (bicyclic) bond motifs is 1. The van der Waals surface area contributed by atoms with Crippen molar-refractivity contribution in [1.82, 2.24) is 15.4 Å². The van der Waals surface area contributed by atoms with E-state index >= 15 is 0 Å². The fourth-order valence-corrected chi connectivity index (χ4v) is 6.85. The first-order valence-electron chi connectivity index (χ1n) is 11.0. The van der Waals surface area contributed by atoms with Gasteiger partial charge in [0.2, 0.25) is 0 Å². The summed E-state index contributed by atoms with van der Waals surface area (Å²) in [7, 11) is -0.145. The Kier molecular flexibility index (Phi) is 7.95. The summed E-state index contributed by atoms with van der Waals surface area (Å²) < 4.78 is 59.3. The van der Waals surface area contributed by atoms with Crippen LogP contribution >= 0.6 is 11.3 Å². The molecule has 4 rings (SSSR count).